The second kappa shape index (κ2) is 7.35. The summed E-state index contributed by atoms with van der Waals surface area (Å²) in [6.45, 7) is 1.64. The lowest BCUT2D eigenvalue weighted by Gasteiger charge is -2.26. The lowest BCUT2D eigenvalue weighted by atomic mass is 10.1. The Morgan fingerprint density at radius 2 is 1.86 bits per heavy atom. The zero-order valence-electron chi connectivity index (χ0n) is 16.3. The molecule has 148 valence electrons. The maximum atomic E-state index is 13.0. The molecule has 1 aliphatic heterocycles. The number of benzene rings is 1. The maximum absolute atomic E-state index is 13.0. The van der Waals surface area contributed by atoms with Gasteiger partial charge >= 0.3 is 0 Å². The third kappa shape index (κ3) is 3.28. The maximum Gasteiger partial charge on any atom is 0.257 e. The van der Waals surface area contributed by atoms with Crippen molar-refractivity contribution in [3.05, 3.63) is 54.2 Å². The van der Waals surface area contributed by atoms with E-state index in [0.717, 1.165) is 67.6 Å². The van der Waals surface area contributed by atoms with Gasteiger partial charge in [-0.1, -0.05) is 18.2 Å². The number of carbonyl (C=O) groups is 2. The number of aromatic nitrogens is 2. The number of carbonyl (C=O) groups excluding carboxylic acids is 2. The van der Waals surface area contributed by atoms with E-state index in [-0.39, 0.29) is 5.91 Å². The number of piperidine rings is 1. The normalized spacial score (nSPS) is 16.8. The van der Waals surface area contributed by atoms with Crippen molar-refractivity contribution >= 4 is 23.5 Å². The van der Waals surface area contributed by atoms with Crippen LogP contribution in [0.25, 0.3) is 16.8 Å². The molecular formula is C23H24N4O2. The molecule has 2 aromatic heterocycles. The molecular weight excluding hydrogens is 364 g/mol. The van der Waals surface area contributed by atoms with Crippen LogP contribution in [0, 0.1) is 0 Å². The quantitative estimate of drug-likeness (QED) is 0.626. The molecule has 0 bridgehead atoms. The van der Waals surface area contributed by atoms with E-state index >= 15 is 0 Å². The lowest BCUT2D eigenvalue weighted by Crippen LogP contribution is -2.35. The highest BCUT2D eigenvalue weighted by Gasteiger charge is 2.29. The van der Waals surface area contributed by atoms with Crippen molar-refractivity contribution in [2.24, 2.45) is 0 Å². The Labute approximate surface area is 169 Å². The topological polar surface area (TPSA) is 57.9 Å². The number of pyridine rings is 1. The molecule has 29 heavy (non-hydrogen) atoms. The van der Waals surface area contributed by atoms with Crippen molar-refractivity contribution in [1.29, 1.82) is 0 Å². The average molecular weight is 388 g/mol. The molecule has 2 fully saturated rings. The Morgan fingerprint density at radius 3 is 2.62 bits per heavy atom. The van der Waals surface area contributed by atoms with Gasteiger partial charge in [-0.05, 0) is 56.4 Å². The van der Waals surface area contributed by atoms with Gasteiger partial charge in [-0.25, -0.2) is 4.52 Å². The number of nitrogens with zero attached hydrogens (tertiary/aromatic N) is 4. The van der Waals surface area contributed by atoms with E-state index in [2.05, 4.69) is 5.10 Å². The van der Waals surface area contributed by atoms with Crippen LogP contribution in [0.3, 0.4) is 0 Å². The highest BCUT2D eigenvalue weighted by atomic mass is 16.2. The highest BCUT2D eigenvalue weighted by Crippen LogP contribution is 2.33. The van der Waals surface area contributed by atoms with Crippen molar-refractivity contribution in [1.82, 2.24) is 14.5 Å². The van der Waals surface area contributed by atoms with Gasteiger partial charge in [0.1, 0.15) is 0 Å². The Morgan fingerprint density at radius 1 is 1.07 bits per heavy atom. The van der Waals surface area contributed by atoms with Crippen LogP contribution in [0.5, 0.6) is 0 Å². The van der Waals surface area contributed by atoms with Gasteiger partial charge < -0.3 is 9.80 Å². The first-order chi connectivity index (χ1) is 14.3. The van der Waals surface area contributed by atoms with E-state index in [4.69, 9.17) is 0 Å². The van der Waals surface area contributed by atoms with Gasteiger partial charge in [0.05, 0.1) is 23.0 Å². The standard InChI is InChI=1S/C23H24N4O2/c28-16-26(18-10-11-18)19-7-4-6-17(14-19)21-8-5-9-22-20(15-24-27(21)22)23(29)25-12-2-1-3-13-25/h4-9,14-16,18H,1-3,10-13H2. The third-order valence-electron chi connectivity index (χ3n) is 5.91. The van der Waals surface area contributed by atoms with Crippen LogP contribution in [0.15, 0.2) is 48.7 Å². The highest BCUT2D eigenvalue weighted by molar-refractivity contribution is 6.01. The first-order valence-electron chi connectivity index (χ1n) is 10.4. The molecule has 0 N–H and O–H groups in total. The molecule has 0 radical (unpaired) electrons. The Balaban J connectivity index is 1.52. The molecule has 0 atom stereocenters. The molecule has 1 aromatic carbocycles. The smallest absolute Gasteiger partial charge is 0.257 e. The number of fused-ring (bicyclic) bond motifs is 1. The minimum absolute atomic E-state index is 0.0615. The molecule has 6 nitrogen and oxygen atoms in total. The zero-order valence-corrected chi connectivity index (χ0v) is 16.3. The van der Waals surface area contributed by atoms with Crippen LogP contribution in [0.2, 0.25) is 0 Å². The van der Waals surface area contributed by atoms with Crippen LogP contribution in [0.4, 0.5) is 5.69 Å². The second-order valence-corrected chi connectivity index (χ2v) is 7.91. The summed E-state index contributed by atoms with van der Waals surface area (Å²) in [7, 11) is 0. The summed E-state index contributed by atoms with van der Waals surface area (Å²) in [4.78, 5) is 28.3. The number of hydrogen-bond donors (Lipinski definition) is 0. The van der Waals surface area contributed by atoms with Gasteiger partial charge in [0.15, 0.2) is 0 Å². The number of rotatable bonds is 5. The lowest BCUT2D eigenvalue weighted by molar-refractivity contribution is -0.107. The van der Waals surface area contributed by atoms with Crippen LogP contribution in [-0.4, -0.2) is 46.0 Å². The second-order valence-electron chi connectivity index (χ2n) is 7.91. The number of hydrogen-bond acceptors (Lipinski definition) is 3. The largest absolute Gasteiger partial charge is 0.339 e. The minimum Gasteiger partial charge on any atom is -0.339 e. The predicted octanol–water partition coefficient (Wildman–Crippen LogP) is 3.75. The molecule has 3 heterocycles. The van der Waals surface area contributed by atoms with Gasteiger partial charge in [-0.15, -0.1) is 0 Å². The summed E-state index contributed by atoms with van der Waals surface area (Å²) in [5, 5.41) is 4.54. The number of likely N-dealkylation sites (tertiary alicyclic amines) is 1. The van der Waals surface area contributed by atoms with Crippen LogP contribution in [0.1, 0.15) is 42.5 Å². The Kier molecular flexibility index (Phi) is 4.54. The fourth-order valence-electron chi connectivity index (χ4n) is 4.20. The Hall–Kier alpha value is -3.15. The van der Waals surface area contributed by atoms with Crippen molar-refractivity contribution < 1.29 is 9.59 Å². The van der Waals surface area contributed by atoms with Crippen LogP contribution >= 0.6 is 0 Å². The summed E-state index contributed by atoms with van der Waals surface area (Å²) in [5.41, 5.74) is 4.24. The minimum atomic E-state index is 0.0615. The molecule has 2 amide bonds. The first kappa shape index (κ1) is 17.9. The fourth-order valence-corrected chi connectivity index (χ4v) is 4.20. The fraction of sp³-hybridized carbons (Fsp3) is 0.348. The van der Waals surface area contributed by atoms with E-state index in [1.165, 1.54) is 6.42 Å². The monoisotopic (exact) mass is 388 g/mol. The van der Waals surface area contributed by atoms with E-state index in [1.807, 2.05) is 51.9 Å². The van der Waals surface area contributed by atoms with Crippen molar-refractivity contribution in [3.8, 4) is 11.3 Å². The van der Waals surface area contributed by atoms with Crippen molar-refractivity contribution in [3.63, 3.8) is 0 Å². The number of amides is 2. The molecule has 3 aromatic rings. The molecule has 2 aliphatic rings. The SMILES string of the molecule is O=CN(c1cccc(-c2cccc3c(C(=O)N4CCCCC4)cnn23)c1)C1CC1. The van der Waals surface area contributed by atoms with Gasteiger partial charge in [-0.2, -0.15) is 5.10 Å². The van der Waals surface area contributed by atoms with E-state index in [9.17, 15) is 9.59 Å². The first-order valence-corrected chi connectivity index (χ1v) is 10.4. The summed E-state index contributed by atoms with van der Waals surface area (Å²) in [6.07, 6.45) is 8.04. The summed E-state index contributed by atoms with van der Waals surface area (Å²) in [5.74, 6) is 0.0615. The van der Waals surface area contributed by atoms with Gasteiger partial charge in [-0.3, -0.25) is 9.59 Å². The molecule has 0 spiro atoms. The third-order valence-corrected chi connectivity index (χ3v) is 5.91. The van der Waals surface area contributed by atoms with E-state index in [0.29, 0.717) is 11.6 Å². The van der Waals surface area contributed by atoms with Crippen LogP contribution in [-0.2, 0) is 4.79 Å². The average Bonchev–Trinajstić information content (AvgIpc) is 3.51. The van der Waals surface area contributed by atoms with Gasteiger partial charge in [0.25, 0.3) is 5.91 Å². The van der Waals surface area contributed by atoms with Crippen LogP contribution < -0.4 is 4.90 Å². The molecule has 1 saturated heterocycles. The van der Waals surface area contributed by atoms with E-state index in [1.54, 1.807) is 11.1 Å². The van der Waals surface area contributed by atoms with Crippen molar-refractivity contribution in [2.75, 3.05) is 18.0 Å². The van der Waals surface area contributed by atoms with Gasteiger partial charge in [0.2, 0.25) is 6.41 Å². The molecule has 6 heteroatoms. The van der Waals surface area contributed by atoms with Gasteiger partial charge in [0, 0.05) is 30.4 Å². The Bertz CT molecular complexity index is 1060. The molecule has 1 aliphatic carbocycles. The summed E-state index contributed by atoms with van der Waals surface area (Å²) < 4.78 is 1.83. The zero-order chi connectivity index (χ0) is 19.8. The molecule has 5 rings (SSSR count). The molecule has 0 unspecified atom stereocenters. The predicted molar refractivity (Wildman–Crippen MR) is 112 cm³/mol. The van der Waals surface area contributed by atoms with E-state index < -0.39 is 0 Å². The molecule has 1 saturated carbocycles. The van der Waals surface area contributed by atoms with Crippen molar-refractivity contribution in [2.45, 2.75) is 38.1 Å². The summed E-state index contributed by atoms with van der Waals surface area (Å²) >= 11 is 0. The summed E-state index contributed by atoms with van der Waals surface area (Å²) in [6, 6.07) is 14.2. The number of anilines is 1.